The molecular weight excluding hydrogens is 270 g/mol. The lowest BCUT2D eigenvalue weighted by molar-refractivity contribution is -0.384. The second kappa shape index (κ2) is 6.56. The number of hydrogen-bond acceptors (Lipinski definition) is 4. The molecular formula is C15H21N3O3. The Hall–Kier alpha value is -2.11. The van der Waals surface area contributed by atoms with Crippen molar-refractivity contribution in [2.24, 2.45) is 5.92 Å². The lowest BCUT2D eigenvalue weighted by atomic mass is 10.1. The molecule has 1 saturated heterocycles. The van der Waals surface area contributed by atoms with Crippen molar-refractivity contribution in [2.75, 3.05) is 18.4 Å². The van der Waals surface area contributed by atoms with Crippen LogP contribution in [-0.2, 0) is 11.3 Å². The summed E-state index contributed by atoms with van der Waals surface area (Å²) >= 11 is 0. The van der Waals surface area contributed by atoms with Crippen molar-refractivity contribution in [3.05, 3.63) is 33.9 Å². The SMILES string of the molecule is CCNc1ccc(CN2CC(CC)CC2=O)cc1[N+](=O)[O-]. The normalized spacial score (nSPS) is 18.1. The maximum atomic E-state index is 11.9. The Morgan fingerprint density at radius 2 is 2.19 bits per heavy atom. The van der Waals surface area contributed by atoms with Gasteiger partial charge in [0, 0.05) is 32.1 Å². The Morgan fingerprint density at radius 3 is 2.76 bits per heavy atom. The van der Waals surface area contributed by atoms with E-state index in [2.05, 4.69) is 12.2 Å². The maximum absolute atomic E-state index is 11.9. The fourth-order valence-corrected chi connectivity index (χ4v) is 2.67. The summed E-state index contributed by atoms with van der Waals surface area (Å²) < 4.78 is 0. The third-order valence-corrected chi connectivity index (χ3v) is 3.87. The number of nitrogens with zero attached hydrogens (tertiary/aromatic N) is 2. The van der Waals surface area contributed by atoms with Crippen molar-refractivity contribution in [1.82, 2.24) is 4.90 Å². The summed E-state index contributed by atoms with van der Waals surface area (Å²) in [6.07, 6.45) is 1.58. The van der Waals surface area contributed by atoms with Crippen LogP contribution in [0.4, 0.5) is 11.4 Å². The number of rotatable bonds is 6. The highest BCUT2D eigenvalue weighted by Gasteiger charge is 2.28. The van der Waals surface area contributed by atoms with Crippen LogP contribution in [0.3, 0.4) is 0 Å². The van der Waals surface area contributed by atoms with Crippen molar-refractivity contribution >= 4 is 17.3 Å². The Morgan fingerprint density at radius 1 is 1.43 bits per heavy atom. The standard InChI is InChI=1S/C15H21N3O3/c1-3-11-8-15(19)17(9-11)10-12-5-6-13(16-4-2)14(7-12)18(20)21/h5-7,11,16H,3-4,8-10H2,1-2H3. The molecule has 0 bridgehead atoms. The molecule has 1 fully saturated rings. The first-order chi connectivity index (χ1) is 10.0. The smallest absolute Gasteiger partial charge is 0.292 e. The van der Waals surface area contributed by atoms with Crippen LogP contribution >= 0.6 is 0 Å². The van der Waals surface area contributed by atoms with E-state index in [-0.39, 0.29) is 16.5 Å². The van der Waals surface area contributed by atoms with Gasteiger partial charge in [-0.3, -0.25) is 14.9 Å². The third kappa shape index (κ3) is 3.51. The fourth-order valence-electron chi connectivity index (χ4n) is 2.67. The molecule has 0 aromatic heterocycles. The maximum Gasteiger partial charge on any atom is 0.292 e. The summed E-state index contributed by atoms with van der Waals surface area (Å²) in [6, 6.07) is 5.12. The van der Waals surface area contributed by atoms with Crippen molar-refractivity contribution in [1.29, 1.82) is 0 Å². The number of amides is 1. The van der Waals surface area contributed by atoms with Gasteiger partial charge in [-0.15, -0.1) is 0 Å². The molecule has 0 aliphatic carbocycles. The van der Waals surface area contributed by atoms with Gasteiger partial charge in [-0.05, 0) is 24.5 Å². The minimum Gasteiger partial charge on any atom is -0.380 e. The Bertz CT molecular complexity index is 545. The second-order valence-corrected chi connectivity index (χ2v) is 5.39. The van der Waals surface area contributed by atoms with Crippen LogP contribution in [0, 0.1) is 16.0 Å². The Balaban J connectivity index is 2.16. The van der Waals surface area contributed by atoms with E-state index in [9.17, 15) is 14.9 Å². The van der Waals surface area contributed by atoms with Gasteiger partial charge in [0.05, 0.1) is 4.92 Å². The van der Waals surface area contributed by atoms with Crippen LogP contribution in [0.1, 0.15) is 32.3 Å². The van der Waals surface area contributed by atoms with Crippen molar-refractivity contribution in [2.45, 2.75) is 33.2 Å². The number of carbonyl (C=O) groups excluding carboxylic acids is 1. The molecule has 1 aromatic rings. The molecule has 0 radical (unpaired) electrons. The lowest BCUT2D eigenvalue weighted by Gasteiger charge is -2.17. The van der Waals surface area contributed by atoms with Gasteiger partial charge in [0.1, 0.15) is 5.69 Å². The molecule has 1 aliphatic heterocycles. The number of hydrogen-bond donors (Lipinski definition) is 1. The monoisotopic (exact) mass is 291 g/mol. The van der Waals surface area contributed by atoms with E-state index in [0.29, 0.717) is 31.1 Å². The average Bonchev–Trinajstić information content (AvgIpc) is 2.81. The summed E-state index contributed by atoms with van der Waals surface area (Å²) in [4.78, 5) is 24.5. The zero-order valence-corrected chi connectivity index (χ0v) is 12.5. The highest BCUT2D eigenvalue weighted by atomic mass is 16.6. The number of nitro groups is 1. The zero-order chi connectivity index (χ0) is 15.4. The molecule has 6 heteroatoms. The summed E-state index contributed by atoms with van der Waals surface area (Å²) in [5.41, 5.74) is 1.38. The van der Waals surface area contributed by atoms with Gasteiger partial charge in [-0.25, -0.2) is 0 Å². The van der Waals surface area contributed by atoms with E-state index >= 15 is 0 Å². The van der Waals surface area contributed by atoms with Crippen molar-refractivity contribution < 1.29 is 9.72 Å². The largest absolute Gasteiger partial charge is 0.380 e. The molecule has 114 valence electrons. The van der Waals surface area contributed by atoms with Gasteiger partial charge < -0.3 is 10.2 Å². The van der Waals surface area contributed by atoms with E-state index in [1.807, 2.05) is 13.0 Å². The predicted molar refractivity (Wildman–Crippen MR) is 81.1 cm³/mol. The molecule has 0 saturated carbocycles. The van der Waals surface area contributed by atoms with Crippen LogP contribution in [0.2, 0.25) is 0 Å². The fraction of sp³-hybridized carbons (Fsp3) is 0.533. The molecule has 1 aliphatic rings. The van der Waals surface area contributed by atoms with E-state index in [0.717, 1.165) is 18.5 Å². The molecule has 2 rings (SSSR count). The van der Waals surface area contributed by atoms with Gasteiger partial charge >= 0.3 is 0 Å². The zero-order valence-electron chi connectivity index (χ0n) is 12.5. The van der Waals surface area contributed by atoms with Gasteiger partial charge in [0.25, 0.3) is 5.69 Å². The molecule has 1 unspecified atom stereocenters. The molecule has 21 heavy (non-hydrogen) atoms. The number of nitro benzene ring substituents is 1. The Labute approximate surface area is 124 Å². The van der Waals surface area contributed by atoms with Gasteiger partial charge in [-0.2, -0.15) is 0 Å². The van der Waals surface area contributed by atoms with Crippen LogP contribution < -0.4 is 5.32 Å². The van der Waals surface area contributed by atoms with E-state index in [1.54, 1.807) is 17.0 Å². The first-order valence-electron chi connectivity index (χ1n) is 7.34. The van der Waals surface area contributed by atoms with Gasteiger partial charge in [0.2, 0.25) is 5.91 Å². The van der Waals surface area contributed by atoms with Crippen LogP contribution in [-0.4, -0.2) is 28.8 Å². The van der Waals surface area contributed by atoms with Crippen molar-refractivity contribution in [3.8, 4) is 0 Å². The predicted octanol–water partition coefficient (Wildman–Crippen LogP) is 2.79. The quantitative estimate of drug-likeness (QED) is 0.646. The molecule has 1 atom stereocenters. The summed E-state index contributed by atoms with van der Waals surface area (Å²) in [5, 5.41) is 14.1. The van der Waals surface area contributed by atoms with Crippen LogP contribution in [0.25, 0.3) is 0 Å². The Kier molecular flexibility index (Phi) is 4.77. The number of anilines is 1. The summed E-state index contributed by atoms with van der Waals surface area (Å²) in [5.74, 6) is 0.550. The third-order valence-electron chi connectivity index (χ3n) is 3.87. The molecule has 1 heterocycles. The summed E-state index contributed by atoms with van der Waals surface area (Å²) in [6.45, 7) is 5.80. The summed E-state index contributed by atoms with van der Waals surface area (Å²) in [7, 11) is 0. The van der Waals surface area contributed by atoms with E-state index in [1.165, 1.54) is 0 Å². The van der Waals surface area contributed by atoms with E-state index < -0.39 is 0 Å². The van der Waals surface area contributed by atoms with Gasteiger partial charge in [-0.1, -0.05) is 19.4 Å². The molecule has 6 nitrogen and oxygen atoms in total. The number of nitrogens with one attached hydrogen (secondary N) is 1. The minimum atomic E-state index is -0.387. The van der Waals surface area contributed by atoms with Gasteiger partial charge in [0.15, 0.2) is 0 Å². The molecule has 1 aromatic carbocycles. The molecule has 0 spiro atoms. The average molecular weight is 291 g/mol. The van der Waals surface area contributed by atoms with Crippen LogP contribution in [0.5, 0.6) is 0 Å². The topological polar surface area (TPSA) is 75.5 Å². The van der Waals surface area contributed by atoms with E-state index in [4.69, 9.17) is 0 Å². The first-order valence-corrected chi connectivity index (χ1v) is 7.34. The lowest BCUT2D eigenvalue weighted by Crippen LogP contribution is -2.24. The number of likely N-dealkylation sites (tertiary alicyclic amines) is 1. The minimum absolute atomic E-state index is 0.0630. The molecule has 1 N–H and O–H groups in total. The number of benzene rings is 1. The highest BCUT2D eigenvalue weighted by Crippen LogP contribution is 2.28. The highest BCUT2D eigenvalue weighted by molar-refractivity contribution is 5.78. The first kappa shape index (κ1) is 15.3. The van der Waals surface area contributed by atoms with Crippen LogP contribution in [0.15, 0.2) is 18.2 Å². The molecule has 1 amide bonds. The second-order valence-electron chi connectivity index (χ2n) is 5.39. The number of carbonyl (C=O) groups is 1. The van der Waals surface area contributed by atoms with Crippen molar-refractivity contribution in [3.63, 3.8) is 0 Å².